The maximum absolute atomic E-state index is 14.4. The maximum Gasteiger partial charge on any atom is 0.336 e. The third kappa shape index (κ3) is 8.61. The first kappa shape index (κ1) is 36.1. The Morgan fingerprint density at radius 1 is 0.574 bits per heavy atom. The van der Waals surface area contributed by atoms with Crippen LogP contribution in [0.3, 0.4) is 0 Å². The van der Waals surface area contributed by atoms with Crippen molar-refractivity contribution >= 4 is 0 Å². The van der Waals surface area contributed by atoms with E-state index in [1.165, 1.54) is 13.7 Å². The van der Waals surface area contributed by atoms with Crippen molar-refractivity contribution in [1.82, 2.24) is 13.7 Å². The molecule has 0 bridgehead atoms. The molecule has 0 radical (unpaired) electrons. The van der Waals surface area contributed by atoms with Crippen LogP contribution in [0.15, 0.2) is 14.4 Å². The van der Waals surface area contributed by atoms with Crippen LogP contribution in [-0.4, -0.2) is 32.0 Å². The lowest BCUT2D eigenvalue weighted by atomic mass is 9.63. The number of rotatable bonds is 9. The Kier molecular flexibility index (Phi) is 10.0. The van der Waals surface area contributed by atoms with E-state index >= 15 is 0 Å². The molecule has 12 nitrogen and oxygen atoms in total. The molecule has 0 saturated heterocycles. The molecule has 0 spiro atoms. The molecule has 1 aromatic rings. The Labute approximate surface area is 277 Å². The standard InChI is InChI=1S/C35H52N6O6/c1-31(2)10-24(9-25(11-31)45-21-36)16-39-28(42)40(19-34(7)14-26(46-22-37)12-32(3,4)17-34)30(44)41(29(39)43)20-35(8)15-27(47-23-38)13-33(5,6)18-35/h24-27H,9-20H2,1-8H3. The second-order valence-electron chi connectivity index (χ2n) is 17.9. The van der Waals surface area contributed by atoms with E-state index < -0.39 is 27.9 Å². The normalized spacial score (nSPS) is 32.6. The Bertz CT molecular complexity index is 1540. The predicted octanol–water partition coefficient (Wildman–Crippen LogP) is 5.03. The number of aromatic nitrogens is 3. The van der Waals surface area contributed by atoms with Gasteiger partial charge in [0, 0.05) is 19.6 Å². The second-order valence-corrected chi connectivity index (χ2v) is 17.9. The van der Waals surface area contributed by atoms with Crippen molar-refractivity contribution in [2.24, 2.45) is 33.0 Å². The van der Waals surface area contributed by atoms with Gasteiger partial charge in [0.2, 0.25) is 0 Å². The predicted molar refractivity (Wildman–Crippen MR) is 173 cm³/mol. The van der Waals surface area contributed by atoms with Gasteiger partial charge in [-0.25, -0.2) is 28.1 Å². The lowest BCUT2D eigenvalue weighted by molar-refractivity contribution is -0.0234. The van der Waals surface area contributed by atoms with Gasteiger partial charge in [0.25, 0.3) is 18.8 Å². The molecule has 0 aliphatic heterocycles. The van der Waals surface area contributed by atoms with Crippen LogP contribution in [0.25, 0.3) is 0 Å². The first-order chi connectivity index (χ1) is 21.7. The molecule has 0 aromatic carbocycles. The summed E-state index contributed by atoms with van der Waals surface area (Å²) in [6.45, 7) is 16.8. The van der Waals surface area contributed by atoms with Gasteiger partial charge in [-0.3, -0.25) is 0 Å². The zero-order chi connectivity index (χ0) is 35.0. The number of hydrogen-bond acceptors (Lipinski definition) is 9. The smallest absolute Gasteiger partial charge is 0.336 e. The average molecular weight is 653 g/mol. The molecular formula is C35H52N6O6. The van der Waals surface area contributed by atoms with Crippen LogP contribution < -0.4 is 17.1 Å². The molecular weight excluding hydrogens is 600 g/mol. The molecule has 3 fully saturated rings. The number of hydrogen-bond donors (Lipinski definition) is 0. The Hall–Kier alpha value is -3.72. The summed E-state index contributed by atoms with van der Waals surface area (Å²) in [7, 11) is 0. The third-order valence-electron chi connectivity index (χ3n) is 10.6. The molecule has 3 aliphatic rings. The molecule has 47 heavy (non-hydrogen) atoms. The van der Waals surface area contributed by atoms with Crippen LogP contribution in [0.2, 0.25) is 0 Å². The van der Waals surface area contributed by atoms with Gasteiger partial charge < -0.3 is 14.2 Å². The third-order valence-corrected chi connectivity index (χ3v) is 10.6. The molecule has 6 unspecified atom stereocenters. The Balaban J connectivity index is 1.82. The lowest BCUT2D eigenvalue weighted by Gasteiger charge is -2.46. The highest BCUT2D eigenvalue weighted by atomic mass is 16.5. The van der Waals surface area contributed by atoms with Crippen LogP contribution in [0, 0.1) is 67.5 Å². The molecule has 4 rings (SSSR count). The summed E-state index contributed by atoms with van der Waals surface area (Å²) in [6, 6.07) is 0. The van der Waals surface area contributed by atoms with Crippen molar-refractivity contribution < 1.29 is 14.2 Å². The summed E-state index contributed by atoms with van der Waals surface area (Å²) >= 11 is 0. The summed E-state index contributed by atoms with van der Waals surface area (Å²) in [5, 5.41) is 27.8. The zero-order valence-corrected chi connectivity index (χ0v) is 29.4. The summed E-state index contributed by atoms with van der Waals surface area (Å²) in [4.78, 5) is 42.9. The summed E-state index contributed by atoms with van der Waals surface area (Å²) < 4.78 is 19.8. The van der Waals surface area contributed by atoms with Gasteiger partial charge in [0.05, 0.1) is 0 Å². The minimum absolute atomic E-state index is 0.0678. The molecule has 3 aliphatic carbocycles. The van der Waals surface area contributed by atoms with E-state index in [1.54, 1.807) is 6.26 Å². The topological polar surface area (TPSA) is 165 Å². The molecule has 1 heterocycles. The average Bonchev–Trinajstić information content (AvgIpc) is 2.89. The van der Waals surface area contributed by atoms with Crippen molar-refractivity contribution in [1.29, 1.82) is 15.8 Å². The Morgan fingerprint density at radius 2 is 0.957 bits per heavy atom. The van der Waals surface area contributed by atoms with E-state index in [4.69, 9.17) is 14.2 Å². The van der Waals surface area contributed by atoms with Crippen molar-refractivity contribution in [2.75, 3.05) is 0 Å². The van der Waals surface area contributed by atoms with E-state index in [2.05, 4.69) is 41.5 Å². The van der Waals surface area contributed by atoms with E-state index in [1.807, 2.05) is 26.4 Å². The second kappa shape index (κ2) is 13.1. The molecule has 12 heteroatoms. The van der Waals surface area contributed by atoms with Gasteiger partial charge in [-0.2, -0.15) is 15.8 Å². The fourth-order valence-corrected chi connectivity index (χ4v) is 10.1. The highest BCUT2D eigenvalue weighted by Gasteiger charge is 2.45. The van der Waals surface area contributed by atoms with E-state index in [0.29, 0.717) is 51.4 Å². The Morgan fingerprint density at radius 3 is 1.38 bits per heavy atom. The van der Waals surface area contributed by atoms with Gasteiger partial charge in [0.1, 0.15) is 18.3 Å². The van der Waals surface area contributed by atoms with E-state index in [-0.39, 0.29) is 60.1 Å². The van der Waals surface area contributed by atoms with Crippen LogP contribution in [0.1, 0.15) is 113 Å². The van der Waals surface area contributed by atoms with Crippen molar-refractivity contribution in [2.45, 2.75) is 151 Å². The molecule has 3 saturated carbocycles. The van der Waals surface area contributed by atoms with E-state index in [0.717, 1.165) is 6.42 Å². The minimum atomic E-state index is -0.657. The van der Waals surface area contributed by atoms with Crippen LogP contribution >= 0.6 is 0 Å². The maximum atomic E-state index is 14.4. The first-order valence-electron chi connectivity index (χ1n) is 16.8. The molecule has 1 aromatic heterocycles. The van der Waals surface area contributed by atoms with Crippen molar-refractivity contribution in [3.05, 3.63) is 31.5 Å². The highest BCUT2D eigenvalue weighted by Crippen LogP contribution is 2.49. The number of nitrogens with zero attached hydrogens (tertiary/aromatic N) is 6. The van der Waals surface area contributed by atoms with Gasteiger partial charge in [-0.05, 0) is 90.8 Å². The van der Waals surface area contributed by atoms with Gasteiger partial charge in [-0.15, -0.1) is 0 Å². The summed E-state index contributed by atoms with van der Waals surface area (Å²) in [6.07, 6.45) is 10.1. The molecule has 258 valence electrons. The highest BCUT2D eigenvalue weighted by molar-refractivity contribution is 4.97. The lowest BCUT2D eigenvalue weighted by Crippen LogP contribution is -2.58. The van der Waals surface area contributed by atoms with E-state index in [9.17, 15) is 30.2 Å². The fraction of sp³-hybridized carbons (Fsp3) is 0.829. The largest absolute Gasteiger partial charge is 0.424 e. The van der Waals surface area contributed by atoms with Crippen molar-refractivity contribution in [3.8, 4) is 18.8 Å². The van der Waals surface area contributed by atoms with Gasteiger partial charge in [0.15, 0.2) is 0 Å². The SMILES string of the molecule is CC1(C)CC(Cn2c(=O)n(CC3(C)CC(OC#N)CC(C)(C)C3)c(=O)n(CC3(C)CC(OC#N)CC(C)(C)C3)c2=O)CC(OC#N)C1. The quantitative estimate of drug-likeness (QED) is 0.333. The van der Waals surface area contributed by atoms with Crippen LogP contribution in [0.5, 0.6) is 0 Å². The minimum Gasteiger partial charge on any atom is -0.424 e. The van der Waals surface area contributed by atoms with Gasteiger partial charge in [-0.1, -0.05) is 55.4 Å². The van der Waals surface area contributed by atoms with Crippen molar-refractivity contribution in [3.63, 3.8) is 0 Å². The number of nitriles is 3. The number of ether oxygens (including phenoxy) is 3. The fourth-order valence-electron chi connectivity index (χ4n) is 10.1. The zero-order valence-electron chi connectivity index (χ0n) is 29.4. The molecule has 0 N–H and O–H groups in total. The first-order valence-corrected chi connectivity index (χ1v) is 16.8. The van der Waals surface area contributed by atoms with Crippen LogP contribution in [0.4, 0.5) is 0 Å². The summed E-state index contributed by atoms with van der Waals surface area (Å²) in [5.41, 5.74) is -3.66. The molecule has 0 amide bonds. The van der Waals surface area contributed by atoms with Crippen LogP contribution in [-0.2, 0) is 33.8 Å². The van der Waals surface area contributed by atoms with Gasteiger partial charge >= 0.3 is 17.1 Å². The molecule has 6 atom stereocenters. The summed E-state index contributed by atoms with van der Waals surface area (Å²) in [5.74, 6) is -0.128. The monoisotopic (exact) mass is 652 g/mol.